The van der Waals surface area contributed by atoms with E-state index in [1.165, 1.54) is 17.3 Å². The van der Waals surface area contributed by atoms with Crippen molar-refractivity contribution in [2.75, 3.05) is 12.5 Å². The van der Waals surface area contributed by atoms with Crippen LogP contribution in [0.3, 0.4) is 0 Å². The maximum absolute atomic E-state index is 12.1. The molecule has 1 aliphatic heterocycles. The molecule has 0 aliphatic carbocycles. The monoisotopic (exact) mass is 398 g/mol. The molecule has 138 valence electrons. The van der Waals surface area contributed by atoms with Crippen LogP contribution in [0, 0.1) is 6.92 Å². The molecule has 0 radical (unpaired) electrons. The summed E-state index contributed by atoms with van der Waals surface area (Å²) in [6, 6.07) is 14.0. The van der Waals surface area contributed by atoms with E-state index in [1.807, 2.05) is 23.6 Å². The predicted octanol–water partition coefficient (Wildman–Crippen LogP) is 4.26. The van der Waals surface area contributed by atoms with Crippen LogP contribution in [0.2, 0.25) is 0 Å². The maximum atomic E-state index is 12.1. The van der Waals surface area contributed by atoms with E-state index in [0.717, 1.165) is 32.7 Å². The molecule has 1 aliphatic rings. The molecule has 0 saturated heterocycles. The van der Waals surface area contributed by atoms with Gasteiger partial charge in [0.2, 0.25) is 12.7 Å². The van der Waals surface area contributed by atoms with Gasteiger partial charge in [-0.1, -0.05) is 47.7 Å². The number of hydrogen-bond donors (Lipinski definition) is 1. The first-order valence-electron chi connectivity index (χ1n) is 8.48. The fraction of sp³-hybridized carbons (Fsp3) is 0.200. The number of nitrogens with zero attached hydrogens (tertiary/aromatic N) is 1. The van der Waals surface area contributed by atoms with Crippen molar-refractivity contribution in [2.45, 2.75) is 17.8 Å². The highest BCUT2D eigenvalue weighted by molar-refractivity contribution is 8.01. The molecule has 0 unspecified atom stereocenters. The number of aromatic nitrogens is 1. The fourth-order valence-corrected chi connectivity index (χ4v) is 4.28. The molecule has 3 aromatic rings. The van der Waals surface area contributed by atoms with Gasteiger partial charge in [0, 0.05) is 17.5 Å². The van der Waals surface area contributed by atoms with Gasteiger partial charge in [-0.25, -0.2) is 4.98 Å². The van der Waals surface area contributed by atoms with Crippen LogP contribution >= 0.6 is 23.1 Å². The first-order chi connectivity index (χ1) is 13.2. The van der Waals surface area contributed by atoms with Crippen LogP contribution < -0.4 is 14.8 Å². The Bertz CT molecular complexity index is 954. The summed E-state index contributed by atoms with van der Waals surface area (Å²) in [5, 5.41) is 4.95. The average Bonchev–Trinajstić information content (AvgIpc) is 3.34. The van der Waals surface area contributed by atoms with E-state index in [0.29, 0.717) is 12.3 Å². The minimum Gasteiger partial charge on any atom is -0.454 e. The molecular formula is C20H18N2O3S2. The first kappa shape index (κ1) is 17.9. The van der Waals surface area contributed by atoms with Gasteiger partial charge in [-0.15, -0.1) is 11.3 Å². The number of thioether (sulfide) groups is 1. The lowest BCUT2D eigenvalue weighted by molar-refractivity contribution is -0.118. The van der Waals surface area contributed by atoms with Crippen molar-refractivity contribution in [3.8, 4) is 22.8 Å². The Kier molecular flexibility index (Phi) is 5.31. The molecule has 7 heteroatoms. The lowest BCUT2D eigenvalue weighted by Crippen LogP contribution is -2.24. The standard InChI is InChI=1S/C20H18N2O3S2/c1-13-2-5-15(6-3-13)16-10-26-20(22-16)27-11-19(23)21-9-14-4-7-17-18(8-14)25-12-24-17/h2-8,10H,9,11-12H2,1H3,(H,21,23). The summed E-state index contributed by atoms with van der Waals surface area (Å²) in [6.07, 6.45) is 0. The number of carbonyl (C=O) groups is 1. The molecule has 27 heavy (non-hydrogen) atoms. The first-order valence-corrected chi connectivity index (χ1v) is 10.3. The Labute approximate surface area is 165 Å². The van der Waals surface area contributed by atoms with Crippen LogP contribution in [0.5, 0.6) is 11.5 Å². The lowest BCUT2D eigenvalue weighted by atomic mass is 10.1. The predicted molar refractivity (Wildman–Crippen MR) is 107 cm³/mol. The van der Waals surface area contributed by atoms with E-state index in [1.54, 1.807) is 11.3 Å². The SMILES string of the molecule is Cc1ccc(-c2csc(SCC(=O)NCc3ccc4c(c3)OCO4)n2)cc1. The molecule has 4 rings (SSSR count). The molecular weight excluding hydrogens is 380 g/mol. The van der Waals surface area contributed by atoms with E-state index >= 15 is 0 Å². The normalized spacial score (nSPS) is 12.2. The van der Waals surface area contributed by atoms with E-state index in [4.69, 9.17) is 9.47 Å². The van der Waals surface area contributed by atoms with Gasteiger partial charge in [0.25, 0.3) is 0 Å². The molecule has 1 aromatic heterocycles. The molecule has 1 amide bonds. The Hall–Kier alpha value is -2.51. The quantitative estimate of drug-likeness (QED) is 0.629. The van der Waals surface area contributed by atoms with Crippen molar-refractivity contribution in [2.24, 2.45) is 0 Å². The van der Waals surface area contributed by atoms with E-state index in [-0.39, 0.29) is 12.7 Å². The van der Waals surface area contributed by atoms with Crippen LogP contribution in [-0.2, 0) is 11.3 Å². The molecule has 0 bridgehead atoms. The Morgan fingerprint density at radius 3 is 2.85 bits per heavy atom. The highest BCUT2D eigenvalue weighted by atomic mass is 32.2. The van der Waals surface area contributed by atoms with Crippen LogP contribution in [0.4, 0.5) is 0 Å². The Balaban J connectivity index is 1.27. The average molecular weight is 399 g/mol. The summed E-state index contributed by atoms with van der Waals surface area (Å²) in [5.41, 5.74) is 4.25. The molecule has 5 nitrogen and oxygen atoms in total. The van der Waals surface area contributed by atoms with Crippen molar-refractivity contribution < 1.29 is 14.3 Å². The van der Waals surface area contributed by atoms with Crippen molar-refractivity contribution in [3.63, 3.8) is 0 Å². The molecule has 0 saturated carbocycles. The van der Waals surface area contributed by atoms with Gasteiger partial charge >= 0.3 is 0 Å². The topological polar surface area (TPSA) is 60.5 Å². The van der Waals surface area contributed by atoms with Crippen LogP contribution in [0.1, 0.15) is 11.1 Å². The largest absolute Gasteiger partial charge is 0.454 e. The Morgan fingerprint density at radius 1 is 1.19 bits per heavy atom. The van der Waals surface area contributed by atoms with E-state index in [9.17, 15) is 4.79 Å². The number of fused-ring (bicyclic) bond motifs is 1. The minimum atomic E-state index is -0.0234. The summed E-state index contributed by atoms with van der Waals surface area (Å²) in [7, 11) is 0. The number of benzene rings is 2. The smallest absolute Gasteiger partial charge is 0.231 e. The third-order valence-electron chi connectivity index (χ3n) is 4.08. The van der Waals surface area contributed by atoms with Crippen molar-refractivity contribution in [1.82, 2.24) is 10.3 Å². The highest BCUT2D eigenvalue weighted by Crippen LogP contribution is 2.32. The van der Waals surface area contributed by atoms with Crippen LogP contribution in [0.15, 0.2) is 52.2 Å². The maximum Gasteiger partial charge on any atom is 0.231 e. The van der Waals surface area contributed by atoms with Gasteiger partial charge in [0.1, 0.15) is 0 Å². The minimum absolute atomic E-state index is 0.0234. The third kappa shape index (κ3) is 4.43. The zero-order valence-electron chi connectivity index (χ0n) is 14.7. The summed E-state index contributed by atoms with van der Waals surface area (Å²) < 4.78 is 11.5. The van der Waals surface area contributed by atoms with Gasteiger partial charge in [-0.3, -0.25) is 4.79 Å². The number of nitrogens with one attached hydrogen (secondary N) is 1. The molecule has 1 N–H and O–H groups in total. The van der Waals surface area contributed by atoms with Crippen molar-refractivity contribution in [3.05, 3.63) is 59.0 Å². The van der Waals surface area contributed by atoms with Crippen molar-refractivity contribution in [1.29, 1.82) is 0 Å². The summed E-state index contributed by atoms with van der Waals surface area (Å²) in [6.45, 7) is 2.77. The number of ether oxygens (including phenoxy) is 2. The summed E-state index contributed by atoms with van der Waals surface area (Å²) in [5.74, 6) is 1.78. The summed E-state index contributed by atoms with van der Waals surface area (Å²) >= 11 is 3.01. The number of rotatable bonds is 6. The number of thiazole rings is 1. The van der Waals surface area contributed by atoms with Gasteiger partial charge in [-0.05, 0) is 24.6 Å². The fourth-order valence-electron chi connectivity index (χ4n) is 2.61. The molecule has 2 heterocycles. The molecule has 0 fully saturated rings. The number of amides is 1. The lowest BCUT2D eigenvalue weighted by Gasteiger charge is -2.05. The second kappa shape index (κ2) is 8.02. The van der Waals surface area contributed by atoms with Gasteiger partial charge in [0.05, 0.1) is 11.4 Å². The molecule has 2 aromatic carbocycles. The zero-order chi connectivity index (χ0) is 18.6. The summed E-state index contributed by atoms with van der Waals surface area (Å²) in [4.78, 5) is 16.7. The van der Waals surface area contributed by atoms with Crippen LogP contribution in [-0.4, -0.2) is 23.4 Å². The van der Waals surface area contributed by atoms with Crippen molar-refractivity contribution >= 4 is 29.0 Å². The number of carbonyl (C=O) groups excluding carboxylic acids is 1. The van der Waals surface area contributed by atoms with Gasteiger partial charge in [-0.2, -0.15) is 0 Å². The van der Waals surface area contributed by atoms with E-state index < -0.39 is 0 Å². The highest BCUT2D eigenvalue weighted by Gasteiger charge is 2.13. The second-order valence-electron chi connectivity index (χ2n) is 6.12. The molecule has 0 atom stereocenters. The van der Waals surface area contributed by atoms with Gasteiger partial charge < -0.3 is 14.8 Å². The molecule has 0 spiro atoms. The Morgan fingerprint density at radius 2 is 2.00 bits per heavy atom. The number of hydrogen-bond acceptors (Lipinski definition) is 6. The van der Waals surface area contributed by atoms with Gasteiger partial charge in [0.15, 0.2) is 15.8 Å². The zero-order valence-corrected chi connectivity index (χ0v) is 16.4. The third-order valence-corrected chi connectivity index (χ3v) is 6.10. The second-order valence-corrected chi connectivity index (χ2v) is 8.20. The van der Waals surface area contributed by atoms with E-state index in [2.05, 4.69) is 41.5 Å². The van der Waals surface area contributed by atoms with Crippen LogP contribution in [0.25, 0.3) is 11.3 Å². The number of aryl methyl sites for hydroxylation is 1.